The third-order valence-corrected chi connectivity index (χ3v) is 3.46. The molecule has 0 spiro atoms. The van der Waals surface area contributed by atoms with Gasteiger partial charge in [0.25, 0.3) is 0 Å². The van der Waals surface area contributed by atoms with E-state index in [-0.39, 0.29) is 18.1 Å². The molecule has 1 aromatic carbocycles. The number of rotatable bonds is 1. The molecular formula is C10H12Br2N4O. The molecule has 0 saturated heterocycles. The van der Waals surface area contributed by atoms with Gasteiger partial charge < -0.3 is 16.2 Å². The van der Waals surface area contributed by atoms with Crippen LogP contribution in [0, 0.1) is 0 Å². The zero-order valence-corrected chi connectivity index (χ0v) is 12.2. The van der Waals surface area contributed by atoms with Crippen LogP contribution in [0.3, 0.4) is 0 Å². The second-order valence-electron chi connectivity index (χ2n) is 3.78. The molecule has 5 nitrogen and oxygen atoms in total. The van der Waals surface area contributed by atoms with Gasteiger partial charge in [0.05, 0.1) is 10.6 Å². The fraction of sp³-hybridized carbons (Fsp3) is 0.300. The van der Waals surface area contributed by atoms with Crippen molar-refractivity contribution in [3.63, 3.8) is 0 Å². The van der Waals surface area contributed by atoms with Crippen molar-refractivity contribution in [2.45, 2.75) is 19.3 Å². The summed E-state index contributed by atoms with van der Waals surface area (Å²) in [7, 11) is 0. The van der Waals surface area contributed by atoms with Gasteiger partial charge in [0, 0.05) is 10.0 Å². The highest BCUT2D eigenvalue weighted by Gasteiger charge is 2.22. The summed E-state index contributed by atoms with van der Waals surface area (Å²) in [4.78, 5) is 4.22. The summed E-state index contributed by atoms with van der Waals surface area (Å²) in [6, 6.07) is 3.59. The predicted octanol–water partition coefficient (Wildman–Crippen LogP) is 1.77. The third-order valence-electron chi connectivity index (χ3n) is 2.39. The lowest BCUT2D eigenvalue weighted by atomic mass is 10.1. The molecule has 0 saturated carbocycles. The Morgan fingerprint density at radius 2 is 2.12 bits per heavy atom. The third kappa shape index (κ3) is 2.72. The number of nitrogens with two attached hydrogens (primary N) is 1. The van der Waals surface area contributed by atoms with Crippen LogP contribution in [0.15, 0.2) is 26.1 Å². The molecule has 0 aliphatic carbocycles. The van der Waals surface area contributed by atoms with Gasteiger partial charge in [-0.2, -0.15) is 0 Å². The highest BCUT2D eigenvalue weighted by molar-refractivity contribution is 9.11. The molecule has 92 valence electrons. The average molecular weight is 364 g/mol. The first-order valence-corrected chi connectivity index (χ1v) is 6.59. The first-order valence-electron chi connectivity index (χ1n) is 5.01. The highest BCUT2D eigenvalue weighted by atomic mass is 79.9. The van der Waals surface area contributed by atoms with Crippen molar-refractivity contribution >= 4 is 37.8 Å². The van der Waals surface area contributed by atoms with Gasteiger partial charge in [-0.25, -0.2) is 4.99 Å². The Balaban J connectivity index is 2.43. The van der Waals surface area contributed by atoms with Crippen molar-refractivity contribution in [1.29, 1.82) is 0 Å². The molecule has 1 heterocycles. The number of aromatic hydroxyl groups is 1. The summed E-state index contributed by atoms with van der Waals surface area (Å²) < 4.78 is 1.47. The second kappa shape index (κ2) is 4.83. The van der Waals surface area contributed by atoms with Crippen LogP contribution in [0.4, 0.5) is 0 Å². The minimum absolute atomic E-state index is 0.00495. The molecule has 0 aromatic heterocycles. The standard InChI is InChI=1S/C10H12Br2N4O/c1-4-14-9(16-10(13)15-4)6-2-5(11)3-7(12)8(6)17/h2-4,9,14,17H,1H3,(H3,13,15,16). The normalized spacial score (nSPS) is 24.1. The number of benzene rings is 1. The topological polar surface area (TPSA) is 82.7 Å². The van der Waals surface area contributed by atoms with Gasteiger partial charge in [-0.3, -0.25) is 5.32 Å². The molecule has 1 aliphatic rings. The molecule has 2 rings (SSSR count). The lowest BCUT2D eigenvalue weighted by Gasteiger charge is -2.28. The SMILES string of the molecule is CC1NC(N)=NC(c2cc(Br)cc(Br)c2O)N1. The Morgan fingerprint density at radius 3 is 2.76 bits per heavy atom. The number of nitrogens with one attached hydrogen (secondary N) is 2. The molecule has 0 bridgehead atoms. The minimum Gasteiger partial charge on any atom is -0.506 e. The van der Waals surface area contributed by atoms with Crippen molar-refractivity contribution < 1.29 is 5.11 Å². The van der Waals surface area contributed by atoms with Crippen molar-refractivity contribution in [1.82, 2.24) is 10.6 Å². The monoisotopic (exact) mass is 362 g/mol. The second-order valence-corrected chi connectivity index (χ2v) is 5.55. The fourth-order valence-corrected chi connectivity index (χ4v) is 2.93. The van der Waals surface area contributed by atoms with Crippen molar-refractivity contribution in [3.8, 4) is 5.75 Å². The van der Waals surface area contributed by atoms with Gasteiger partial charge in [-0.05, 0) is 35.0 Å². The number of hydrogen-bond acceptors (Lipinski definition) is 5. The van der Waals surface area contributed by atoms with E-state index in [4.69, 9.17) is 5.73 Å². The molecule has 2 atom stereocenters. The molecule has 17 heavy (non-hydrogen) atoms. The number of aliphatic imine (C=N–C) groups is 1. The average Bonchev–Trinajstić information content (AvgIpc) is 2.22. The van der Waals surface area contributed by atoms with E-state index < -0.39 is 0 Å². The first kappa shape index (κ1) is 12.7. The van der Waals surface area contributed by atoms with Crippen LogP contribution in [0.2, 0.25) is 0 Å². The predicted molar refractivity (Wildman–Crippen MR) is 73.6 cm³/mol. The van der Waals surface area contributed by atoms with Crippen LogP contribution in [0.1, 0.15) is 18.7 Å². The fourth-order valence-electron chi connectivity index (χ4n) is 1.67. The van der Waals surface area contributed by atoms with Crippen molar-refractivity contribution in [3.05, 3.63) is 26.6 Å². The Morgan fingerprint density at radius 1 is 1.41 bits per heavy atom. The lowest BCUT2D eigenvalue weighted by molar-refractivity contribution is 0.398. The maximum absolute atomic E-state index is 10.0. The van der Waals surface area contributed by atoms with Crippen molar-refractivity contribution in [2.24, 2.45) is 10.7 Å². The van der Waals surface area contributed by atoms with Gasteiger partial charge in [-0.1, -0.05) is 15.9 Å². The van der Waals surface area contributed by atoms with E-state index >= 15 is 0 Å². The number of phenols is 1. The number of nitrogens with zero attached hydrogens (tertiary/aromatic N) is 1. The molecule has 1 aliphatic heterocycles. The molecule has 0 radical (unpaired) electrons. The Kier molecular flexibility index (Phi) is 3.60. The van der Waals surface area contributed by atoms with E-state index in [1.165, 1.54) is 0 Å². The summed E-state index contributed by atoms with van der Waals surface area (Å²) in [5.41, 5.74) is 6.34. The van der Waals surface area contributed by atoms with Crippen LogP contribution in [-0.2, 0) is 0 Å². The zero-order valence-electron chi connectivity index (χ0n) is 9.04. The smallest absolute Gasteiger partial charge is 0.191 e. The quantitative estimate of drug-likeness (QED) is 0.612. The zero-order chi connectivity index (χ0) is 12.6. The van der Waals surface area contributed by atoms with Gasteiger partial charge in [0.1, 0.15) is 11.9 Å². The van der Waals surface area contributed by atoms with Gasteiger partial charge in [-0.15, -0.1) is 0 Å². The van der Waals surface area contributed by atoms with E-state index in [9.17, 15) is 5.11 Å². The van der Waals surface area contributed by atoms with Gasteiger partial charge >= 0.3 is 0 Å². The molecule has 5 N–H and O–H groups in total. The van der Waals surface area contributed by atoms with Crippen LogP contribution in [0.25, 0.3) is 0 Å². The molecule has 1 aromatic rings. The first-order chi connectivity index (χ1) is 7.97. The lowest BCUT2D eigenvalue weighted by Crippen LogP contribution is -2.52. The van der Waals surface area contributed by atoms with E-state index in [0.29, 0.717) is 16.0 Å². The van der Waals surface area contributed by atoms with Gasteiger partial charge in [0.15, 0.2) is 5.96 Å². The van der Waals surface area contributed by atoms with Crippen LogP contribution >= 0.6 is 31.9 Å². The Bertz CT molecular complexity index is 478. The number of halogens is 2. The van der Waals surface area contributed by atoms with E-state index in [1.807, 2.05) is 13.0 Å². The number of hydrogen-bond donors (Lipinski definition) is 4. The molecule has 7 heteroatoms. The van der Waals surface area contributed by atoms with E-state index in [0.717, 1.165) is 4.47 Å². The van der Waals surface area contributed by atoms with Gasteiger partial charge in [0.2, 0.25) is 0 Å². The van der Waals surface area contributed by atoms with Crippen LogP contribution in [-0.4, -0.2) is 17.2 Å². The highest BCUT2D eigenvalue weighted by Crippen LogP contribution is 2.36. The minimum atomic E-state index is -0.361. The number of phenolic OH excluding ortho intramolecular Hbond substituents is 1. The van der Waals surface area contributed by atoms with Crippen LogP contribution < -0.4 is 16.4 Å². The van der Waals surface area contributed by atoms with Crippen LogP contribution in [0.5, 0.6) is 5.75 Å². The Hall–Kier alpha value is -0.790. The summed E-state index contributed by atoms with van der Waals surface area (Å²) >= 11 is 6.67. The van der Waals surface area contributed by atoms with E-state index in [1.54, 1.807) is 6.07 Å². The largest absolute Gasteiger partial charge is 0.506 e. The summed E-state index contributed by atoms with van der Waals surface area (Å²) in [5, 5.41) is 16.1. The molecule has 0 fully saturated rings. The summed E-state index contributed by atoms with van der Waals surface area (Å²) in [6.45, 7) is 1.93. The van der Waals surface area contributed by atoms with E-state index in [2.05, 4.69) is 47.5 Å². The van der Waals surface area contributed by atoms with Crippen molar-refractivity contribution in [2.75, 3.05) is 0 Å². The molecular weight excluding hydrogens is 352 g/mol. The summed E-state index contributed by atoms with van der Waals surface area (Å²) in [6.07, 6.45) is -0.366. The molecule has 2 unspecified atom stereocenters. The maximum atomic E-state index is 10.0. The summed E-state index contributed by atoms with van der Waals surface area (Å²) in [5.74, 6) is 0.521. The number of guanidine groups is 1. The maximum Gasteiger partial charge on any atom is 0.191 e. The Labute approximate surface area is 116 Å². The molecule has 0 amide bonds.